The van der Waals surface area contributed by atoms with Crippen LogP contribution in [0.4, 0.5) is 5.13 Å². The first kappa shape index (κ1) is 16.6. The molecule has 0 fully saturated rings. The number of nitrogens with one attached hydrogen (secondary N) is 1. The molecule has 0 radical (unpaired) electrons. The Bertz CT molecular complexity index is 485. The highest BCUT2D eigenvalue weighted by Gasteiger charge is 2.28. The minimum Gasteiger partial charge on any atom is -0.468 e. The van der Waals surface area contributed by atoms with Gasteiger partial charge in [0.2, 0.25) is 5.91 Å². The highest BCUT2D eigenvalue weighted by atomic mass is 32.1. The Morgan fingerprint density at radius 2 is 2.15 bits per heavy atom. The van der Waals surface area contributed by atoms with Gasteiger partial charge in [-0.1, -0.05) is 0 Å². The van der Waals surface area contributed by atoms with Crippen LogP contribution >= 0.6 is 11.3 Å². The molecule has 0 aliphatic rings. The summed E-state index contributed by atoms with van der Waals surface area (Å²) in [5.74, 6) is -0.358. The van der Waals surface area contributed by atoms with E-state index in [1.807, 2.05) is 12.3 Å². The van der Waals surface area contributed by atoms with Crippen LogP contribution in [0.3, 0.4) is 0 Å². The minimum atomic E-state index is -0.774. The zero-order valence-electron chi connectivity index (χ0n) is 12.5. The maximum absolute atomic E-state index is 11.5. The number of nitrogens with zero attached hydrogens (tertiary/aromatic N) is 2. The normalized spacial score (nSPS) is 11.2. The van der Waals surface area contributed by atoms with E-state index in [0.717, 1.165) is 5.69 Å². The number of methoxy groups -OCH3 is 1. The Morgan fingerprint density at radius 1 is 1.50 bits per heavy atom. The standard InChI is InChI=1S/C13H21N3O3S/c1-6-16(9(2)17)12-15-10(8-20-12)7-14-13(3,4)11(18)19-5/h8,14H,6-7H2,1-5H3. The smallest absolute Gasteiger partial charge is 0.325 e. The van der Waals surface area contributed by atoms with E-state index in [9.17, 15) is 9.59 Å². The van der Waals surface area contributed by atoms with Gasteiger partial charge < -0.3 is 4.74 Å². The van der Waals surface area contributed by atoms with Crippen molar-refractivity contribution in [2.75, 3.05) is 18.6 Å². The molecule has 0 saturated carbocycles. The molecular weight excluding hydrogens is 278 g/mol. The third-order valence-electron chi connectivity index (χ3n) is 2.87. The fourth-order valence-corrected chi connectivity index (χ4v) is 2.57. The van der Waals surface area contributed by atoms with Crippen LogP contribution in [0.25, 0.3) is 0 Å². The Morgan fingerprint density at radius 3 is 2.65 bits per heavy atom. The molecule has 112 valence electrons. The molecule has 1 heterocycles. The Kier molecular flexibility index (Phi) is 5.64. The first-order valence-corrected chi connectivity index (χ1v) is 7.25. The van der Waals surface area contributed by atoms with Crippen molar-refractivity contribution in [3.05, 3.63) is 11.1 Å². The van der Waals surface area contributed by atoms with E-state index in [-0.39, 0.29) is 11.9 Å². The molecule has 1 N–H and O–H groups in total. The molecule has 1 amide bonds. The van der Waals surface area contributed by atoms with Crippen LogP contribution in [-0.2, 0) is 20.9 Å². The van der Waals surface area contributed by atoms with Crippen LogP contribution in [-0.4, -0.2) is 36.1 Å². The van der Waals surface area contributed by atoms with Crippen molar-refractivity contribution in [2.45, 2.75) is 39.8 Å². The van der Waals surface area contributed by atoms with Gasteiger partial charge in [-0.2, -0.15) is 0 Å². The second kappa shape index (κ2) is 6.81. The van der Waals surface area contributed by atoms with Gasteiger partial charge in [-0.3, -0.25) is 19.8 Å². The van der Waals surface area contributed by atoms with Crippen LogP contribution in [0.2, 0.25) is 0 Å². The van der Waals surface area contributed by atoms with Crippen LogP contribution < -0.4 is 10.2 Å². The van der Waals surface area contributed by atoms with E-state index in [0.29, 0.717) is 18.2 Å². The van der Waals surface area contributed by atoms with Crippen molar-refractivity contribution in [3.63, 3.8) is 0 Å². The largest absolute Gasteiger partial charge is 0.468 e. The lowest BCUT2D eigenvalue weighted by atomic mass is 10.1. The lowest BCUT2D eigenvalue weighted by Gasteiger charge is -2.22. The Labute approximate surface area is 123 Å². The van der Waals surface area contributed by atoms with Crippen molar-refractivity contribution >= 4 is 28.3 Å². The molecule has 1 aromatic rings. The Balaban J connectivity index is 2.70. The number of thiazole rings is 1. The summed E-state index contributed by atoms with van der Waals surface area (Å²) in [6.07, 6.45) is 0. The zero-order chi connectivity index (χ0) is 15.3. The topological polar surface area (TPSA) is 71.5 Å². The van der Waals surface area contributed by atoms with Crippen LogP contribution in [0, 0.1) is 0 Å². The molecule has 0 unspecified atom stereocenters. The van der Waals surface area contributed by atoms with Gasteiger partial charge in [0.1, 0.15) is 5.54 Å². The molecule has 1 rings (SSSR count). The third-order valence-corrected chi connectivity index (χ3v) is 3.79. The van der Waals surface area contributed by atoms with Gasteiger partial charge in [-0.05, 0) is 20.8 Å². The van der Waals surface area contributed by atoms with Gasteiger partial charge in [0.05, 0.1) is 12.8 Å². The second-order valence-corrected chi connectivity index (χ2v) is 5.69. The predicted octanol–water partition coefficient (Wildman–Crippen LogP) is 1.56. The SMILES string of the molecule is CCN(C(C)=O)c1nc(CNC(C)(C)C(=O)OC)cs1. The van der Waals surface area contributed by atoms with Gasteiger partial charge in [0.25, 0.3) is 0 Å². The summed E-state index contributed by atoms with van der Waals surface area (Å²) in [6.45, 7) is 7.95. The Hall–Kier alpha value is -1.47. The fourth-order valence-electron chi connectivity index (χ4n) is 1.63. The molecule has 1 aromatic heterocycles. The highest BCUT2D eigenvalue weighted by Crippen LogP contribution is 2.21. The summed E-state index contributed by atoms with van der Waals surface area (Å²) in [5.41, 5.74) is 0.0190. The number of ether oxygens (including phenoxy) is 1. The molecule has 7 heteroatoms. The van der Waals surface area contributed by atoms with Gasteiger partial charge in [-0.25, -0.2) is 4.98 Å². The molecule has 0 bridgehead atoms. The summed E-state index contributed by atoms with van der Waals surface area (Å²) in [4.78, 5) is 29.0. The molecule has 0 aliphatic heterocycles. The molecule has 0 atom stereocenters. The summed E-state index contributed by atoms with van der Waals surface area (Å²) in [5, 5.41) is 5.64. The fraction of sp³-hybridized carbons (Fsp3) is 0.615. The first-order valence-electron chi connectivity index (χ1n) is 6.37. The van der Waals surface area contributed by atoms with Gasteiger partial charge in [-0.15, -0.1) is 11.3 Å². The van der Waals surface area contributed by atoms with Gasteiger partial charge in [0.15, 0.2) is 5.13 Å². The molecule has 20 heavy (non-hydrogen) atoms. The highest BCUT2D eigenvalue weighted by molar-refractivity contribution is 7.14. The van der Waals surface area contributed by atoms with E-state index in [1.54, 1.807) is 18.7 Å². The molecule has 0 spiro atoms. The molecule has 0 saturated heterocycles. The van der Waals surface area contributed by atoms with E-state index in [1.165, 1.54) is 25.4 Å². The van der Waals surface area contributed by atoms with Crippen LogP contribution in [0.1, 0.15) is 33.4 Å². The number of carbonyl (C=O) groups excluding carboxylic acids is 2. The number of aromatic nitrogens is 1. The first-order chi connectivity index (χ1) is 9.31. The summed E-state index contributed by atoms with van der Waals surface area (Å²) in [7, 11) is 1.36. The van der Waals surface area contributed by atoms with Crippen molar-refractivity contribution in [3.8, 4) is 0 Å². The second-order valence-electron chi connectivity index (χ2n) is 4.85. The summed E-state index contributed by atoms with van der Waals surface area (Å²) < 4.78 is 4.72. The quantitative estimate of drug-likeness (QED) is 0.807. The number of hydrogen-bond acceptors (Lipinski definition) is 6. The van der Waals surface area contributed by atoms with Crippen molar-refractivity contribution in [1.82, 2.24) is 10.3 Å². The third kappa shape index (κ3) is 4.01. The van der Waals surface area contributed by atoms with E-state index in [2.05, 4.69) is 10.3 Å². The van der Waals surface area contributed by atoms with Crippen molar-refractivity contribution < 1.29 is 14.3 Å². The molecule has 0 aromatic carbocycles. The maximum atomic E-state index is 11.5. The van der Waals surface area contributed by atoms with Crippen molar-refractivity contribution in [1.29, 1.82) is 0 Å². The minimum absolute atomic E-state index is 0.0313. The maximum Gasteiger partial charge on any atom is 0.325 e. The number of rotatable bonds is 6. The lowest BCUT2D eigenvalue weighted by Crippen LogP contribution is -2.47. The number of anilines is 1. The van der Waals surface area contributed by atoms with Crippen molar-refractivity contribution in [2.24, 2.45) is 0 Å². The average Bonchev–Trinajstić information content (AvgIpc) is 2.84. The molecule has 6 nitrogen and oxygen atoms in total. The van der Waals surface area contributed by atoms with E-state index in [4.69, 9.17) is 4.74 Å². The summed E-state index contributed by atoms with van der Waals surface area (Å²) in [6, 6.07) is 0. The average molecular weight is 299 g/mol. The number of hydrogen-bond donors (Lipinski definition) is 1. The predicted molar refractivity (Wildman–Crippen MR) is 78.7 cm³/mol. The number of amides is 1. The van der Waals surface area contributed by atoms with Gasteiger partial charge >= 0.3 is 5.97 Å². The lowest BCUT2D eigenvalue weighted by molar-refractivity contribution is -0.147. The summed E-state index contributed by atoms with van der Waals surface area (Å²) >= 11 is 1.41. The van der Waals surface area contributed by atoms with Crippen LogP contribution in [0.5, 0.6) is 0 Å². The molecular formula is C13H21N3O3S. The van der Waals surface area contributed by atoms with Crippen LogP contribution in [0.15, 0.2) is 5.38 Å². The van der Waals surface area contributed by atoms with E-state index < -0.39 is 5.54 Å². The monoisotopic (exact) mass is 299 g/mol. The van der Waals surface area contributed by atoms with E-state index >= 15 is 0 Å². The van der Waals surface area contributed by atoms with Gasteiger partial charge in [0, 0.05) is 25.4 Å². The number of carbonyl (C=O) groups is 2. The number of esters is 1. The molecule has 0 aliphatic carbocycles. The zero-order valence-corrected chi connectivity index (χ0v) is 13.3.